The van der Waals surface area contributed by atoms with E-state index in [-0.39, 0.29) is 6.03 Å². The molecule has 0 saturated heterocycles. The Morgan fingerprint density at radius 2 is 2.16 bits per heavy atom. The molecule has 1 aliphatic heterocycles. The lowest BCUT2D eigenvalue weighted by Gasteiger charge is -2.18. The molecule has 0 atom stereocenters. The molecular weight excluding hydrogens is 238 g/mol. The van der Waals surface area contributed by atoms with Crippen molar-refractivity contribution in [2.75, 3.05) is 11.4 Å². The molecule has 1 aliphatic rings. The number of rotatable bonds is 2. The van der Waals surface area contributed by atoms with Crippen LogP contribution in [-0.4, -0.2) is 17.6 Å². The molecule has 1 N–H and O–H groups in total. The topological polar surface area (TPSA) is 45.2 Å². The number of carbonyl (C=O) groups excluding carboxylic acids is 1. The average Bonchev–Trinajstić information content (AvgIpc) is 2.90. The molecule has 2 amide bonds. The van der Waals surface area contributed by atoms with E-state index in [0.717, 1.165) is 24.2 Å². The highest BCUT2D eigenvalue weighted by molar-refractivity contribution is 5.94. The number of carbonyl (C=O) groups is 1. The standard InChI is InChI=1S/C15H15N3O/c19-15(17-11-12-4-3-8-16-10-12)18-9-7-13-5-1-2-6-14(13)18/h1-6,8,10H,7,9,11H2,(H,17,19). The van der Waals surface area contributed by atoms with Crippen molar-refractivity contribution in [1.82, 2.24) is 10.3 Å². The fraction of sp³-hybridized carbons (Fsp3) is 0.200. The summed E-state index contributed by atoms with van der Waals surface area (Å²) in [6.45, 7) is 1.25. The highest BCUT2D eigenvalue weighted by Gasteiger charge is 2.23. The quantitative estimate of drug-likeness (QED) is 0.893. The fourth-order valence-electron chi connectivity index (χ4n) is 2.33. The molecule has 4 heteroatoms. The predicted octanol–water partition coefficient (Wildman–Crippen LogP) is 2.35. The second-order valence-electron chi connectivity index (χ2n) is 4.55. The van der Waals surface area contributed by atoms with Crippen LogP contribution in [0.5, 0.6) is 0 Å². The largest absolute Gasteiger partial charge is 0.334 e. The highest BCUT2D eigenvalue weighted by atomic mass is 16.2. The van der Waals surface area contributed by atoms with Gasteiger partial charge in [0.15, 0.2) is 0 Å². The lowest BCUT2D eigenvalue weighted by molar-refractivity contribution is 0.246. The van der Waals surface area contributed by atoms with Crippen LogP contribution in [0.1, 0.15) is 11.1 Å². The molecule has 0 unspecified atom stereocenters. The lowest BCUT2D eigenvalue weighted by atomic mass is 10.2. The molecule has 1 aromatic heterocycles. The maximum Gasteiger partial charge on any atom is 0.322 e. The summed E-state index contributed by atoms with van der Waals surface area (Å²) in [4.78, 5) is 18.0. The van der Waals surface area contributed by atoms with Gasteiger partial charge in [0.2, 0.25) is 0 Å². The lowest BCUT2D eigenvalue weighted by Crippen LogP contribution is -2.38. The Hall–Kier alpha value is -2.36. The molecule has 96 valence electrons. The molecule has 0 aliphatic carbocycles. The van der Waals surface area contributed by atoms with E-state index in [0.29, 0.717) is 6.54 Å². The van der Waals surface area contributed by atoms with Gasteiger partial charge in [0, 0.05) is 31.2 Å². The fourth-order valence-corrected chi connectivity index (χ4v) is 2.33. The summed E-state index contributed by atoms with van der Waals surface area (Å²) >= 11 is 0. The minimum atomic E-state index is -0.0474. The summed E-state index contributed by atoms with van der Waals surface area (Å²) in [5.41, 5.74) is 3.26. The molecule has 0 radical (unpaired) electrons. The minimum absolute atomic E-state index is 0.0474. The number of urea groups is 1. The highest BCUT2D eigenvalue weighted by Crippen LogP contribution is 2.27. The first-order chi connectivity index (χ1) is 9.34. The summed E-state index contributed by atoms with van der Waals surface area (Å²) < 4.78 is 0. The second-order valence-corrected chi connectivity index (χ2v) is 4.55. The number of para-hydroxylation sites is 1. The number of hydrogen-bond donors (Lipinski definition) is 1. The van der Waals surface area contributed by atoms with Crippen LogP contribution < -0.4 is 10.2 Å². The average molecular weight is 253 g/mol. The van der Waals surface area contributed by atoms with Crippen LogP contribution in [0.3, 0.4) is 0 Å². The van der Waals surface area contributed by atoms with Crippen molar-refractivity contribution in [3.63, 3.8) is 0 Å². The molecule has 0 bridgehead atoms. The molecule has 2 aromatic rings. The monoisotopic (exact) mass is 253 g/mol. The predicted molar refractivity (Wildman–Crippen MR) is 74.0 cm³/mol. The van der Waals surface area contributed by atoms with E-state index in [9.17, 15) is 4.79 Å². The Balaban J connectivity index is 1.66. The van der Waals surface area contributed by atoms with Gasteiger partial charge in [-0.15, -0.1) is 0 Å². The van der Waals surface area contributed by atoms with Crippen LogP contribution in [0.4, 0.5) is 10.5 Å². The molecule has 0 spiro atoms. The Bertz CT molecular complexity index is 583. The smallest absolute Gasteiger partial charge is 0.322 e. The molecule has 4 nitrogen and oxygen atoms in total. The first-order valence-corrected chi connectivity index (χ1v) is 6.37. The van der Waals surface area contributed by atoms with E-state index in [1.165, 1.54) is 5.56 Å². The van der Waals surface area contributed by atoms with Gasteiger partial charge in [0.05, 0.1) is 0 Å². The van der Waals surface area contributed by atoms with Crippen LogP contribution in [0.2, 0.25) is 0 Å². The Labute approximate surface area is 112 Å². The summed E-state index contributed by atoms with van der Waals surface area (Å²) in [6.07, 6.45) is 4.41. The number of pyridine rings is 1. The first kappa shape index (κ1) is 11.7. The molecule has 19 heavy (non-hydrogen) atoms. The Morgan fingerprint density at radius 3 is 3.00 bits per heavy atom. The van der Waals surface area contributed by atoms with Gasteiger partial charge in [-0.2, -0.15) is 0 Å². The third kappa shape index (κ3) is 2.42. The van der Waals surface area contributed by atoms with Crippen LogP contribution in [0.25, 0.3) is 0 Å². The van der Waals surface area contributed by atoms with Crippen LogP contribution in [0, 0.1) is 0 Å². The van der Waals surface area contributed by atoms with Gasteiger partial charge in [-0.25, -0.2) is 4.79 Å². The SMILES string of the molecule is O=C(NCc1cccnc1)N1CCc2ccccc21. The summed E-state index contributed by atoms with van der Waals surface area (Å²) in [5, 5.41) is 2.93. The van der Waals surface area contributed by atoms with Gasteiger partial charge in [-0.3, -0.25) is 9.88 Å². The van der Waals surface area contributed by atoms with Crippen molar-refractivity contribution < 1.29 is 4.79 Å². The third-order valence-corrected chi connectivity index (χ3v) is 3.30. The maximum absolute atomic E-state index is 12.2. The molecule has 3 rings (SSSR count). The van der Waals surface area contributed by atoms with Gasteiger partial charge in [0.1, 0.15) is 0 Å². The number of aromatic nitrogens is 1. The zero-order valence-electron chi connectivity index (χ0n) is 10.5. The van der Waals surface area contributed by atoms with Gasteiger partial charge >= 0.3 is 6.03 Å². The van der Waals surface area contributed by atoms with Crippen molar-refractivity contribution in [2.24, 2.45) is 0 Å². The molecule has 2 heterocycles. The summed E-state index contributed by atoms with van der Waals surface area (Å²) in [6, 6.07) is 11.8. The van der Waals surface area contributed by atoms with Crippen molar-refractivity contribution in [1.29, 1.82) is 0 Å². The van der Waals surface area contributed by atoms with Crippen LogP contribution in [0.15, 0.2) is 48.8 Å². The zero-order valence-corrected chi connectivity index (χ0v) is 10.5. The summed E-state index contributed by atoms with van der Waals surface area (Å²) in [7, 11) is 0. The molecule has 1 aromatic carbocycles. The van der Waals surface area contributed by atoms with Crippen LogP contribution in [-0.2, 0) is 13.0 Å². The molecule has 0 fully saturated rings. The number of amides is 2. The number of fused-ring (bicyclic) bond motifs is 1. The van der Waals surface area contributed by atoms with Crippen molar-refractivity contribution in [2.45, 2.75) is 13.0 Å². The van der Waals surface area contributed by atoms with Gasteiger partial charge < -0.3 is 5.32 Å². The molecule has 0 saturated carbocycles. The van der Waals surface area contributed by atoms with E-state index in [4.69, 9.17) is 0 Å². The third-order valence-electron chi connectivity index (χ3n) is 3.30. The van der Waals surface area contributed by atoms with Gasteiger partial charge in [-0.05, 0) is 29.7 Å². The first-order valence-electron chi connectivity index (χ1n) is 6.37. The Morgan fingerprint density at radius 1 is 1.26 bits per heavy atom. The van der Waals surface area contributed by atoms with Crippen molar-refractivity contribution in [3.8, 4) is 0 Å². The number of benzene rings is 1. The normalized spacial score (nSPS) is 13.2. The second kappa shape index (κ2) is 5.10. The van der Waals surface area contributed by atoms with Gasteiger partial charge in [0.25, 0.3) is 0 Å². The maximum atomic E-state index is 12.2. The summed E-state index contributed by atoms with van der Waals surface area (Å²) in [5.74, 6) is 0. The number of hydrogen-bond acceptors (Lipinski definition) is 2. The van der Waals surface area contributed by atoms with E-state index < -0.39 is 0 Å². The Kier molecular flexibility index (Phi) is 3.14. The number of anilines is 1. The molecular formula is C15H15N3O. The minimum Gasteiger partial charge on any atom is -0.334 e. The van der Waals surface area contributed by atoms with Gasteiger partial charge in [-0.1, -0.05) is 24.3 Å². The van der Waals surface area contributed by atoms with E-state index in [1.54, 1.807) is 17.3 Å². The van der Waals surface area contributed by atoms with E-state index >= 15 is 0 Å². The zero-order chi connectivity index (χ0) is 13.1. The van der Waals surface area contributed by atoms with E-state index in [1.807, 2.05) is 30.3 Å². The number of nitrogens with zero attached hydrogens (tertiary/aromatic N) is 2. The van der Waals surface area contributed by atoms with Crippen LogP contribution >= 0.6 is 0 Å². The van der Waals surface area contributed by atoms with E-state index in [2.05, 4.69) is 16.4 Å². The van der Waals surface area contributed by atoms with Crippen molar-refractivity contribution >= 4 is 11.7 Å². The number of nitrogens with one attached hydrogen (secondary N) is 1. The van der Waals surface area contributed by atoms with Crippen molar-refractivity contribution in [3.05, 3.63) is 59.9 Å².